The van der Waals surface area contributed by atoms with Crippen molar-refractivity contribution in [3.8, 4) is 11.1 Å². The van der Waals surface area contributed by atoms with E-state index in [0.717, 1.165) is 27.3 Å². The molecule has 0 bridgehead atoms. The molecule has 0 spiro atoms. The van der Waals surface area contributed by atoms with Crippen molar-refractivity contribution in [3.05, 3.63) is 121 Å². The highest BCUT2D eigenvalue weighted by Crippen LogP contribution is 2.44. The number of hydrogen-bond acceptors (Lipinski definition) is 1. The van der Waals surface area contributed by atoms with Gasteiger partial charge < -0.3 is 0 Å². The second-order valence-corrected chi connectivity index (χ2v) is 9.56. The Hall–Kier alpha value is -2.93. The molecule has 0 amide bonds. The fourth-order valence-corrected chi connectivity index (χ4v) is 6.31. The summed E-state index contributed by atoms with van der Waals surface area (Å²) in [5, 5.41) is 5.15. The molecular weight excluding hydrogens is 373 g/mol. The molecule has 3 heteroatoms. The lowest BCUT2D eigenvalue weighted by atomic mass is 10.1. The van der Waals surface area contributed by atoms with Crippen molar-refractivity contribution in [3.63, 3.8) is 0 Å². The minimum atomic E-state index is -3.10. The van der Waals surface area contributed by atoms with Gasteiger partial charge >= 0.3 is 0 Å². The lowest BCUT2D eigenvalue weighted by Crippen LogP contribution is -2.30. The van der Waals surface area contributed by atoms with E-state index in [-0.39, 0.29) is 6.04 Å². The Morgan fingerprint density at radius 3 is 1.83 bits per heavy atom. The van der Waals surface area contributed by atoms with Gasteiger partial charge in [0.05, 0.1) is 0 Å². The smallest absolute Gasteiger partial charge is 0.205 e. The average Bonchev–Trinajstić information content (AvgIpc) is 2.81. The van der Waals surface area contributed by atoms with E-state index < -0.39 is 7.29 Å². The van der Waals surface area contributed by atoms with E-state index >= 15 is 0 Å². The highest BCUT2D eigenvalue weighted by atomic mass is 31.2. The predicted octanol–water partition coefficient (Wildman–Crippen LogP) is 5.93. The van der Waals surface area contributed by atoms with E-state index in [1.807, 2.05) is 84.9 Å². The molecule has 0 aliphatic heterocycles. The van der Waals surface area contributed by atoms with Gasteiger partial charge in [-0.05, 0) is 41.8 Å². The van der Waals surface area contributed by atoms with Crippen LogP contribution in [-0.2, 0) is 4.57 Å². The molecule has 0 radical (unpaired) electrons. The van der Waals surface area contributed by atoms with Crippen LogP contribution >= 0.6 is 7.29 Å². The second-order valence-electron chi connectivity index (χ2n) is 7.09. The maximum Gasteiger partial charge on any atom is 0.205 e. The van der Waals surface area contributed by atoms with Gasteiger partial charge in [0, 0.05) is 16.7 Å². The maximum atomic E-state index is 14.7. The molecule has 0 saturated carbocycles. The minimum Gasteiger partial charge on any atom is -0.296 e. The van der Waals surface area contributed by atoms with E-state index in [4.69, 9.17) is 0 Å². The SMILES string of the molecule is C[C@H](NP(=O)(c1ccccc1)c1ccccc1-c1ccccc1)c1ccccc1. The van der Waals surface area contributed by atoms with Crippen molar-refractivity contribution in [1.82, 2.24) is 5.09 Å². The highest BCUT2D eigenvalue weighted by Gasteiger charge is 2.31. The summed E-state index contributed by atoms with van der Waals surface area (Å²) in [5.41, 5.74) is 3.17. The Balaban J connectivity index is 1.86. The van der Waals surface area contributed by atoms with Crippen LogP contribution in [0.2, 0.25) is 0 Å². The predicted molar refractivity (Wildman–Crippen MR) is 123 cm³/mol. The lowest BCUT2D eigenvalue weighted by molar-refractivity contribution is 0.568. The fraction of sp³-hybridized carbons (Fsp3) is 0.0769. The van der Waals surface area contributed by atoms with Crippen LogP contribution in [0.3, 0.4) is 0 Å². The first-order valence-electron chi connectivity index (χ1n) is 9.82. The Labute approximate surface area is 172 Å². The first-order valence-corrected chi connectivity index (χ1v) is 11.5. The van der Waals surface area contributed by atoms with E-state index in [1.54, 1.807) is 0 Å². The molecule has 0 saturated heterocycles. The molecule has 4 rings (SSSR count). The van der Waals surface area contributed by atoms with Crippen LogP contribution in [0.15, 0.2) is 115 Å². The molecule has 2 atom stereocenters. The van der Waals surface area contributed by atoms with Crippen molar-refractivity contribution in [2.75, 3.05) is 0 Å². The summed E-state index contributed by atoms with van der Waals surface area (Å²) in [7, 11) is -3.10. The monoisotopic (exact) mass is 397 g/mol. The van der Waals surface area contributed by atoms with Gasteiger partial charge in [0.2, 0.25) is 7.29 Å². The minimum absolute atomic E-state index is 0.0638. The van der Waals surface area contributed by atoms with Crippen molar-refractivity contribution in [1.29, 1.82) is 0 Å². The van der Waals surface area contributed by atoms with Crippen molar-refractivity contribution >= 4 is 17.9 Å². The topological polar surface area (TPSA) is 29.1 Å². The molecular formula is C26H24NOP. The van der Waals surface area contributed by atoms with Crippen LogP contribution in [0.25, 0.3) is 11.1 Å². The van der Waals surface area contributed by atoms with Crippen LogP contribution in [0.4, 0.5) is 0 Å². The first kappa shape index (κ1) is 19.4. The van der Waals surface area contributed by atoms with E-state index in [1.165, 1.54) is 0 Å². The van der Waals surface area contributed by atoms with Gasteiger partial charge in [0.15, 0.2) is 0 Å². The first-order chi connectivity index (χ1) is 14.2. The number of hydrogen-bond donors (Lipinski definition) is 1. The molecule has 144 valence electrons. The van der Waals surface area contributed by atoms with E-state index in [9.17, 15) is 4.57 Å². The van der Waals surface area contributed by atoms with Gasteiger partial charge in [-0.15, -0.1) is 0 Å². The van der Waals surface area contributed by atoms with Crippen LogP contribution in [0.1, 0.15) is 18.5 Å². The Morgan fingerprint density at radius 1 is 0.655 bits per heavy atom. The summed E-state index contributed by atoms with van der Waals surface area (Å²) in [6.07, 6.45) is 0. The molecule has 0 aliphatic rings. The molecule has 0 aromatic heterocycles. The largest absolute Gasteiger partial charge is 0.296 e. The molecule has 1 N–H and O–H groups in total. The van der Waals surface area contributed by atoms with E-state index in [0.29, 0.717) is 0 Å². The third-order valence-corrected chi connectivity index (χ3v) is 7.97. The van der Waals surface area contributed by atoms with Crippen LogP contribution in [0.5, 0.6) is 0 Å². The Bertz CT molecular complexity index is 1110. The second kappa shape index (κ2) is 8.61. The normalized spacial score (nSPS) is 14.1. The van der Waals surface area contributed by atoms with Crippen molar-refractivity contribution in [2.24, 2.45) is 0 Å². The number of rotatable bonds is 6. The summed E-state index contributed by atoms with van der Waals surface area (Å²) in [5.74, 6) is 0. The van der Waals surface area contributed by atoms with Gasteiger partial charge in [-0.1, -0.05) is 97.1 Å². The summed E-state index contributed by atoms with van der Waals surface area (Å²) < 4.78 is 14.7. The third kappa shape index (κ3) is 4.10. The zero-order chi connectivity index (χ0) is 20.1. The zero-order valence-corrected chi connectivity index (χ0v) is 17.3. The molecule has 0 aliphatic carbocycles. The summed E-state index contributed by atoms with van der Waals surface area (Å²) >= 11 is 0. The quantitative estimate of drug-likeness (QED) is 0.408. The number of benzene rings is 4. The van der Waals surface area contributed by atoms with Crippen molar-refractivity contribution in [2.45, 2.75) is 13.0 Å². The number of nitrogens with one attached hydrogen (secondary N) is 1. The van der Waals surface area contributed by atoms with Crippen LogP contribution < -0.4 is 15.7 Å². The van der Waals surface area contributed by atoms with Crippen LogP contribution in [-0.4, -0.2) is 0 Å². The zero-order valence-electron chi connectivity index (χ0n) is 16.4. The third-order valence-electron chi connectivity index (χ3n) is 5.12. The summed E-state index contributed by atoms with van der Waals surface area (Å²) in [4.78, 5) is 0. The van der Waals surface area contributed by atoms with Crippen LogP contribution in [0, 0.1) is 0 Å². The van der Waals surface area contributed by atoms with E-state index in [2.05, 4.69) is 42.3 Å². The molecule has 0 heterocycles. The van der Waals surface area contributed by atoms with Gasteiger partial charge in [0.25, 0.3) is 0 Å². The molecule has 4 aromatic carbocycles. The van der Waals surface area contributed by atoms with Gasteiger partial charge in [-0.3, -0.25) is 9.65 Å². The van der Waals surface area contributed by atoms with Crippen molar-refractivity contribution < 1.29 is 4.57 Å². The molecule has 0 fully saturated rings. The van der Waals surface area contributed by atoms with Gasteiger partial charge in [-0.25, -0.2) is 0 Å². The highest BCUT2D eigenvalue weighted by molar-refractivity contribution is 7.77. The summed E-state index contributed by atoms with van der Waals surface area (Å²) in [6, 6.07) is 38.0. The molecule has 4 aromatic rings. The van der Waals surface area contributed by atoms with Gasteiger partial charge in [0.1, 0.15) is 0 Å². The average molecular weight is 397 g/mol. The lowest BCUT2D eigenvalue weighted by Gasteiger charge is -2.27. The van der Waals surface area contributed by atoms with Gasteiger partial charge in [-0.2, -0.15) is 0 Å². The standard InChI is InChI=1S/C26H24NOP/c1-21(22-13-5-2-6-14-22)27-29(28,24-17-9-4-10-18-24)26-20-12-11-19-25(26)23-15-7-3-8-16-23/h2-21H,1H3,(H,27,28)/t21-,29?/m0/s1. The fourth-order valence-electron chi connectivity index (χ4n) is 3.62. The molecule has 1 unspecified atom stereocenters. The Morgan fingerprint density at radius 2 is 1.17 bits per heavy atom. The summed E-state index contributed by atoms with van der Waals surface area (Å²) in [6.45, 7) is 2.07. The molecule has 29 heavy (non-hydrogen) atoms. The Kier molecular flexibility index (Phi) is 5.76. The molecule has 2 nitrogen and oxygen atoms in total. The maximum absolute atomic E-state index is 14.7.